The number of halogens is 1. The molecule has 0 radical (unpaired) electrons. The molecule has 0 bridgehead atoms. The fourth-order valence-electron chi connectivity index (χ4n) is 2.31. The number of nitrogens with zero attached hydrogens (tertiary/aromatic N) is 1. The normalized spacial score (nSPS) is 20.7. The Balaban J connectivity index is 2.21. The van der Waals surface area contributed by atoms with E-state index < -0.39 is 11.8 Å². The van der Waals surface area contributed by atoms with E-state index in [1.807, 2.05) is 0 Å². The van der Waals surface area contributed by atoms with E-state index in [-0.39, 0.29) is 5.56 Å². The fraction of sp³-hybridized carbons (Fsp3) is 0.462. The summed E-state index contributed by atoms with van der Waals surface area (Å²) < 4.78 is 13.9. The van der Waals surface area contributed by atoms with Gasteiger partial charge in [0.1, 0.15) is 5.82 Å². The van der Waals surface area contributed by atoms with Crippen LogP contribution in [0.2, 0.25) is 0 Å². The molecule has 0 aromatic heterocycles. The quantitative estimate of drug-likeness (QED) is 0.878. The number of carboxylic acids is 1. The van der Waals surface area contributed by atoms with Gasteiger partial charge in [0.25, 0.3) is 0 Å². The van der Waals surface area contributed by atoms with Gasteiger partial charge < -0.3 is 5.11 Å². The highest BCUT2D eigenvalue weighted by Crippen LogP contribution is 2.21. The molecule has 0 saturated carbocycles. The molecule has 1 atom stereocenters. The van der Waals surface area contributed by atoms with Crippen LogP contribution in [0.4, 0.5) is 4.39 Å². The van der Waals surface area contributed by atoms with Crippen molar-refractivity contribution in [3.8, 4) is 0 Å². The van der Waals surface area contributed by atoms with E-state index >= 15 is 0 Å². The highest BCUT2D eigenvalue weighted by atomic mass is 19.1. The lowest BCUT2D eigenvalue weighted by Crippen LogP contribution is -2.26. The summed E-state index contributed by atoms with van der Waals surface area (Å²) >= 11 is 0. The van der Waals surface area contributed by atoms with Gasteiger partial charge in [0.05, 0.1) is 5.56 Å². The Kier molecular flexibility index (Phi) is 3.43. The second kappa shape index (κ2) is 4.84. The van der Waals surface area contributed by atoms with E-state index in [0.717, 1.165) is 19.4 Å². The minimum Gasteiger partial charge on any atom is -0.478 e. The third kappa shape index (κ3) is 2.47. The Hall–Kier alpha value is -1.42. The van der Waals surface area contributed by atoms with Crippen LogP contribution < -0.4 is 0 Å². The molecular formula is C13H16FNO2. The summed E-state index contributed by atoms with van der Waals surface area (Å²) in [6.07, 6.45) is 2.25. The molecule has 3 nitrogen and oxygen atoms in total. The van der Waals surface area contributed by atoms with Crippen LogP contribution in [0, 0.1) is 5.82 Å². The van der Waals surface area contributed by atoms with Crippen LogP contribution >= 0.6 is 0 Å². The summed E-state index contributed by atoms with van der Waals surface area (Å²) in [7, 11) is 0. The lowest BCUT2D eigenvalue weighted by molar-refractivity contribution is 0.0691. The average molecular weight is 237 g/mol. The molecule has 1 aromatic carbocycles. The number of hydrogen-bond acceptors (Lipinski definition) is 2. The molecule has 17 heavy (non-hydrogen) atoms. The molecule has 4 heteroatoms. The van der Waals surface area contributed by atoms with Crippen molar-refractivity contribution < 1.29 is 14.3 Å². The number of likely N-dealkylation sites (tertiary alicyclic amines) is 1. The molecule has 1 heterocycles. The van der Waals surface area contributed by atoms with Gasteiger partial charge in [0.2, 0.25) is 0 Å². The molecule has 0 amide bonds. The second-order valence-corrected chi connectivity index (χ2v) is 4.55. The largest absolute Gasteiger partial charge is 0.478 e. The first kappa shape index (κ1) is 12.0. The minimum absolute atomic E-state index is 0.241. The molecule has 1 aromatic rings. The van der Waals surface area contributed by atoms with Crippen LogP contribution in [-0.2, 0) is 6.54 Å². The van der Waals surface area contributed by atoms with E-state index in [9.17, 15) is 9.18 Å². The van der Waals surface area contributed by atoms with Gasteiger partial charge in [0.15, 0.2) is 0 Å². The molecule has 0 spiro atoms. The maximum atomic E-state index is 13.9. The molecule has 1 fully saturated rings. The van der Waals surface area contributed by atoms with Crippen molar-refractivity contribution in [2.45, 2.75) is 32.4 Å². The number of aromatic carboxylic acids is 1. The van der Waals surface area contributed by atoms with Crippen molar-refractivity contribution in [3.05, 3.63) is 35.1 Å². The maximum Gasteiger partial charge on any atom is 0.338 e. The van der Waals surface area contributed by atoms with Gasteiger partial charge in [0, 0.05) is 18.2 Å². The molecule has 1 N–H and O–H groups in total. The lowest BCUT2D eigenvalue weighted by Gasteiger charge is -2.21. The number of carboxylic acid groups (broad SMARTS) is 1. The zero-order valence-corrected chi connectivity index (χ0v) is 9.82. The first-order valence-corrected chi connectivity index (χ1v) is 5.84. The minimum atomic E-state index is -1.21. The van der Waals surface area contributed by atoms with Crippen LogP contribution in [-0.4, -0.2) is 28.6 Å². The Labute approximate surface area is 99.9 Å². The summed E-state index contributed by atoms with van der Waals surface area (Å²) in [5, 5.41) is 8.85. The van der Waals surface area contributed by atoms with Gasteiger partial charge in [-0.3, -0.25) is 4.90 Å². The zero-order chi connectivity index (χ0) is 12.4. The van der Waals surface area contributed by atoms with Crippen LogP contribution in [0.5, 0.6) is 0 Å². The molecule has 1 saturated heterocycles. The number of rotatable bonds is 3. The first-order valence-electron chi connectivity index (χ1n) is 5.84. The van der Waals surface area contributed by atoms with Crippen molar-refractivity contribution in [1.29, 1.82) is 0 Å². The highest BCUT2D eigenvalue weighted by molar-refractivity contribution is 5.88. The van der Waals surface area contributed by atoms with Gasteiger partial charge >= 0.3 is 5.97 Å². The van der Waals surface area contributed by atoms with Crippen molar-refractivity contribution >= 4 is 5.97 Å². The van der Waals surface area contributed by atoms with Crippen molar-refractivity contribution in [2.75, 3.05) is 6.54 Å². The lowest BCUT2D eigenvalue weighted by atomic mass is 10.1. The van der Waals surface area contributed by atoms with Crippen LogP contribution in [0.25, 0.3) is 0 Å². The number of carbonyl (C=O) groups is 1. The number of hydrogen-bond donors (Lipinski definition) is 1. The Morgan fingerprint density at radius 3 is 2.94 bits per heavy atom. The summed E-state index contributed by atoms with van der Waals surface area (Å²) in [4.78, 5) is 13.0. The van der Waals surface area contributed by atoms with E-state index in [1.165, 1.54) is 6.07 Å². The summed E-state index contributed by atoms with van der Waals surface area (Å²) in [6.45, 7) is 3.57. The average Bonchev–Trinajstić information content (AvgIpc) is 2.67. The van der Waals surface area contributed by atoms with E-state index in [4.69, 9.17) is 5.11 Å². The van der Waals surface area contributed by atoms with Gasteiger partial charge in [-0.15, -0.1) is 0 Å². The van der Waals surface area contributed by atoms with Crippen molar-refractivity contribution in [2.24, 2.45) is 0 Å². The molecule has 92 valence electrons. The van der Waals surface area contributed by atoms with Gasteiger partial charge in [-0.2, -0.15) is 0 Å². The van der Waals surface area contributed by atoms with Crippen molar-refractivity contribution in [3.63, 3.8) is 0 Å². The molecule has 1 unspecified atom stereocenters. The van der Waals surface area contributed by atoms with E-state index in [1.54, 1.807) is 12.1 Å². The fourth-order valence-corrected chi connectivity index (χ4v) is 2.31. The molecule has 0 aliphatic carbocycles. The second-order valence-electron chi connectivity index (χ2n) is 4.55. The predicted octanol–water partition coefficient (Wildman–Crippen LogP) is 2.51. The van der Waals surface area contributed by atoms with Crippen LogP contribution in [0.1, 0.15) is 35.7 Å². The number of benzene rings is 1. The standard InChI is InChI=1S/C13H16FNO2/c1-9-4-3-7-15(9)8-10-5-2-6-11(12(10)14)13(16)17/h2,5-6,9H,3-4,7-8H2,1H3,(H,16,17). The predicted molar refractivity (Wildman–Crippen MR) is 62.5 cm³/mol. The van der Waals surface area contributed by atoms with E-state index in [2.05, 4.69) is 11.8 Å². The van der Waals surface area contributed by atoms with Gasteiger partial charge in [-0.25, -0.2) is 9.18 Å². The zero-order valence-electron chi connectivity index (χ0n) is 9.82. The SMILES string of the molecule is CC1CCCN1Cc1cccc(C(=O)O)c1F. The third-order valence-corrected chi connectivity index (χ3v) is 3.37. The third-order valence-electron chi connectivity index (χ3n) is 3.37. The highest BCUT2D eigenvalue weighted by Gasteiger charge is 2.22. The Morgan fingerprint density at radius 2 is 2.35 bits per heavy atom. The topological polar surface area (TPSA) is 40.5 Å². The van der Waals surface area contributed by atoms with E-state index in [0.29, 0.717) is 18.2 Å². The Bertz CT molecular complexity index is 433. The van der Waals surface area contributed by atoms with Crippen molar-refractivity contribution in [1.82, 2.24) is 4.90 Å². The molecular weight excluding hydrogens is 221 g/mol. The molecule has 2 rings (SSSR count). The molecule has 1 aliphatic rings. The Morgan fingerprint density at radius 1 is 1.59 bits per heavy atom. The monoisotopic (exact) mass is 237 g/mol. The first-order chi connectivity index (χ1) is 8.09. The smallest absolute Gasteiger partial charge is 0.338 e. The van der Waals surface area contributed by atoms with Crippen LogP contribution in [0.15, 0.2) is 18.2 Å². The summed E-state index contributed by atoms with van der Waals surface area (Å²) in [6, 6.07) is 5.01. The van der Waals surface area contributed by atoms with Gasteiger partial charge in [-0.1, -0.05) is 12.1 Å². The summed E-state index contributed by atoms with van der Waals surface area (Å²) in [5.74, 6) is -1.81. The van der Waals surface area contributed by atoms with Gasteiger partial charge in [-0.05, 0) is 32.4 Å². The van der Waals surface area contributed by atoms with Crippen LogP contribution in [0.3, 0.4) is 0 Å². The maximum absolute atomic E-state index is 13.9. The molecule has 1 aliphatic heterocycles. The summed E-state index contributed by atoms with van der Waals surface area (Å²) in [5.41, 5.74) is 0.230.